The molecule has 2 N–H and O–H groups in total. The van der Waals surface area contributed by atoms with E-state index in [2.05, 4.69) is 26.8 Å². The zero-order chi connectivity index (χ0) is 16.8. The summed E-state index contributed by atoms with van der Waals surface area (Å²) < 4.78 is 13.6. The van der Waals surface area contributed by atoms with Crippen molar-refractivity contribution in [1.82, 2.24) is 10.9 Å². The van der Waals surface area contributed by atoms with Crippen molar-refractivity contribution in [1.29, 1.82) is 0 Å². The van der Waals surface area contributed by atoms with Gasteiger partial charge in [0, 0.05) is 16.1 Å². The van der Waals surface area contributed by atoms with Crippen LogP contribution in [-0.4, -0.2) is 11.8 Å². The Morgan fingerprint density at radius 2 is 1.78 bits per heavy atom. The minimum atomic E-state index is -0.525. The van der Waals surface area contributed by atoms with Gasteiger partial charge in [0.1, 0.15) is 5.82 Å². The topological polar surface area (TPSA) is 58.2 Å². The molecule has 2 rings (SSSR count). The Morgan fingerprint density at radius 3 is 2.43 bits per heavy atom. The molecule has 2 aromatic carbocycles. The van der Waals surface area contributed by atoms with E-state index in [9.17, 15) is 14.0 Å². The summed E-state index contributed by atoms with van der Waals surface area (Å²) in [6.45, 7) is 1.97. The van der Waals surface area contributed by atoms with Gasteiger partial charge in [0.25, 0.3) is 11.8 Å². The minimum absolute atomic E-state index is 0.247. The Labute approximate surface area is 141 Å². The second kappa shape index (κ2) is 7.69. The van der Waals surface area contributed by atoms with Crippen molar-refractivity contribution < 1.29 is 14.0 Å². The maximum atomic E-state index is 12.8. The van der Waals surface area contributed by atoms with Gasteiger partial charge in [-0.1, -0.05) is 28.1 Å². The highest BCUT2D eigenvalue weighted by atomic mass is 79.9. The first kappa shape index (κ1) is 16.9. The molecule has 0 unspecified atom stereocenters. The van der Waals surface area contributed by atoms with E-state index in [1.807, 2.05) is 25.1 Å². The van der Waals surface area contributed by atoms with Crippen LogP contribution in [0.5, 0.6) is 0 Å². The summed E-state index contributed by atoms with van der Waals surface area (Å²) in [7, 11) is 0. The number of nitrogens with one attached hydrogen (secondary N) is 2. The summed E-state index contributed by atoms with van der Waals surface area (Å²) in [4.78, 5) is 23.4. The van der Waals surface area contributed by atoms with Crippen LogP contribution >= 0.6 is 15.9 Å². The number of carbonyl (C=O) groups is 2. The van der Waals surface area contributed by atoms with Crippen molar-refractivity contribution in [2.45, 2.75) is 6.92 Å². The third-order valence-electron chi connectivity index (χ3n) is 2.98. The van der Waals surface area contributed by atoms with Crippen LogP contribution in [0.1, 0.15) is 21.5 Å². The lowest BCUT2D eigenvalue weighted by Gasteiger charge is -2.05. The van der Waals surface area contributed by atoms with E-state index in [1.54, 1.807) is 6.08 Å². The van der Waals surface area contributed by atoms with E-state index < -0.39 is 17.6 Å². The number of hydrogen-bond acceptors (Lipinski definition) is 2. The fraction of sp³-hybridized carbons (Fsp3) is 0.0588. The van der Waals surface area contributed by atoms with E-state index in [4.69, 9.17) is 0 Å². The van der Waals surface area contributed by atoms with E-state index in [1.165, 1.54) is 30.3 Å². The average Bonchev–Trinajstić information content (AvgIpc) is 2.52. The van der Waals surface area contributed by atoms with E-state index in [0.29, 0.717) is 0 Å². The van der Waals surface area contributed by atoms with Crippen LogP contribution in [0.25, 0.3) is 6.08 Å². The molecule has 0 aliphatic heterocycles. The Hall–Kier alpha value is -2.47. The predicted octanol–water partition coefficient (Wildman–Crippen LogP) is 3.37. The highest BCUT2D eigenvalue weighted by Crippen LogP contribution is 2.19. The molecule has 2 aromatic rings. The number of rotatable bonds is 3. The third-order valence-corrected chi connectivity index (χ3v) is 3.66. The lowest BCUT2D eigenvalue weighted by molar-refractivity contribution is -0.117. The molecule has 0 atom stereocenters. The monoisotopic (exact) mass is 376 g/mol. The van der Waals surface area contributed by atoms with Gasteiger partial charge in [0.2, 0.25) is 0 Å². The first-order valence-electron chi connectivity index (χ1n) is 6.76. The molecule has 0 heterocycles. The van der Waals surface area contributed by atoms with Crippen molar-refractivity contribution in [3.63, 3.8) is 0 Å². The van der Waals surface area contributed by atoms with Gasteiger partial charge in [-0.15, -0.1) is 0 Å². The zero-order valence-electron chi connectivity index (χ0n) is 12.3. The van der Waals surface area contributed by atoms with E-state index >= 15 is 0 Å². The largest absolute Gasteiger partial charge is 0.269 e. The number of amides is 2. The number of aryl methyl sites for hydroxylation is 1. The quantitative estimate of drug-likeness (QED) is 0.637. The van der Waals surface area contributed by atoms with Gasteiger partial charge in [-0.05, 0) is 54.5 Å². The van der Waals surface area contributed by atoms with Crippen LogP contribution in [0.4, 0.5) is 4.39 Å². The molecule has 2 amide bonds. The van der Waals surface area contributed by atoms with Gasteiger partial charge in [0.05, 0.1) is 0 Å². The summed E-state index contributed by atoms with van der Waals surface area (Å²) in [6, 6.07) is 10.7. The van der Waals surface area contributed by atoms with Crippen molar-refractivity contribution in [3.8, 4) is 0 Å². The maximum absolute atomic E-state index is 12.8. The van der Waals surface area contributed by atoms with Crippen molar-refractivity contribution >= 4 is 33.8 Å². The average molecular weight is 377 g/mol. The van der Waals surface area contributed by atoms with E-state index in [-0.39, 0.29) is 5.56 Å². The predicted molar refractivity (Wildman–Crippen MR) is 89.9 cm³/mol. The van der Waals surface area contributed by atoms with E-state index in [0.717, 1.165) is 15.6 Å². The first-order chi connectivity index (χ1) is 11.0. The molecule has 0 spiro atoms. The molecule has 0 bridgehead atoms. The smallest absolute Gasteiger partial charge is 0.268 e. The van der Waals surface area contributed by atoms with Crippen molar-refractivity contribution in [2.24, 2.45) is 0 Å². The fourth-order valence-corrected chi connectivity index (χ4v) is 2.39. The van der Waals surface area contributed by atoms with Gasteiger partial charge in [-0.3, -0.25) is 20.4 Å². The molecule has 0 aliphatic rings. The highest BCUT2D eigenvalue weighted by molar-refractivity contribution is 9.10. The number of hydrazine groups is 1. The third kappa shape index (κ3) is 5.03. The van der Waals surface area contributed by atoms with Crippen LogP contribution in [-0.2, 0) is 4.79 Å². The Kier molecular flexibility index (Phi) is 5.65. The molecule has 0 fully saturated rings. The van der Waals surface area contributed by atoms with Crippen LogP contribution in [0.15, 0.2) is 53.0 Å². The first-order valence-corrected chi connectivity index (χ1v) is 7.55. The van der Waals surface area contributed by atoms with Gasteiger partial charge in [0.15, 0.2) is 0 Å². The molecule has 0 radical (unpaired) electrons. The second-order valence-corrected chi connectivity index (χ2v) is 5.66. The molecule has 0 saturated heterocycles. The standard InChI is InChI=1S/C17H14BrFN2O2/c1-11-2-3-12(15(18)10-11)6-9-16(22)20-21-17(23)13-4-7-14(19)8-5-13/h2-10H,1H3,(H,20,22)(H,21,23)/b9-6+. The summed E-state index contributed by atoms with van der Waals surface area (Å²) in [5.74, 6) is -1.44. The number of hydrogen-bond donors (Lipinski definition) is 2. The second-order valence-electron chi connectivity index (χ2n) is 4.81. The minimum Gasteiger partial charge on any atom is -0.268 e. The summed E-state index contributed by atoms with van der Waals surface area (Å²) >= 11 is 3.41. The fourth-order valence-electron chi connectivity index (χ4n) is 1.77. The number of benzene rings is 2. The van der Waals surface area contributed by atoms with Gasteiger partial charge in [-0.25, -0.2) is 4.39 Å². The molecule has 4 nitrogen and oxygen atoms in total. The molecule has 0 aliphatic carbocycles. The zero-order valence-corrected chi connectivity index (χ0v) is 13.9. The molecule has 23 heavy (non-hydrogen) atoms. The molecule has 6 heteroatoms. The Bertz CT molecular complexity index is 758. The number of halogens is 2. The lowest BCUT2D eigenvalue weighted by atomic mass is 10.1. The van der Waals surface area contributed by atoms with Crippen LogP contribution in [0.3, 0.4) is 0 Å². The molecule has 0 aromatic heterocycles. The molecular formula is C17H14BrFN2O2. The maximum Gasteiger partial charge on any atom is 0.269 e. The van der Waals surface area contributed by atoms with Gasteiger partial charge >= 0.3 is 0 Å². The Balaban J connectivity index is 1.90. The van der Waals surface area contributed by atoms with Gasteiger partial charge < -0.3 is 0 Å². The molecule has 118 valence electrons. The molecule has 0 saturated carbocycles. The van der Waals surface area contributed by atoms with Crippen molar-refractivity contribution in [3.05, 3.63) is 75.5 Å². The van der Waals surface area contributed by atoms with Crippen LogP contribution in [0, 0.1) is 12.7 Å². The van der Waals surface area contributed by atoms with Crippen LogP contribution < -0.4 is 10.9 Å². The summed E-state index contributed by atoms with van der Waals surface area (Å²) in [5, 5.41) is 0. The van der Waals surface area contributed by atoms with Crippen LogP contribution in [0.2, 0.25) is 0 Å². The highest BCUT2D eigenvalue weighted by Gasteiger charge is 2.06. The summed E-state index contributed by atoms with van der Waals surface area (Å²) in [6.07, 6.45) is 2.93. The normalized spacial score (nSPS) is 10.6. The molecular weight excluding hydrogens is 363 g/mol. The lowest BCUT2D eigenvalue weighted by Crippen LogP contribution is -2.40. The van der Waals surface area contributed by atoms with Gasteiger partial charge in [-0.2, -0.15) is 0 Å². The number of carbonyl (C=O) groups excluding carboxylic acids is 2. The SMILES string of the molecule is Cc1ccc(/C=C/C(=O)NNC(=O)c2ccc(F)cc2)c(Br)c1. The Morgan fingerprint density at radius 1 is 1.09 bits per heavy atom. The summed E-state index contributed by atoms with van der Waals surface area (Å²) in [5.41, 5.74) is 6.71. The van der Waals surface area contributed by atoms with Crippen molar-refractivity contribution in [2.75, 3.05) is 0 Å².